The van der Waals surface area contributed by atoms with Crippen LogP contribution in [-0.4, -0.2) is 25.3 Å². The van der Waals surface area contributed by atoms with Crippen molar-refractivity contribution in [1.29, 1.82) is 0 Å². The van der Waals surface area contributed by atoms with Crippen LogP contribution in [0.3, 0.4) is 0 Å². The summed E-state index contributed by atoms with van der Waals surface area (Å²) in [5, 5.41) is 0. The highest BCUT2D eigenvalue weighted by molar-refractivity contribution is 5.74. The van der Waals surface area contributed by atoms with Gasteiger partial charge >= 0.3 is 5.97 Å². The van der Waals surface area contributed by atoms with Crippen molar-refractivity contribution in [3.05, 3.63) is 0 Å². The molecule has 14 heavy (non-hydrogen) atoms. The Labute approximate surface area is 85.5 Å². The van der Waals surface area contributed by atoms with Crippen molar-refractivity contribution in [2.45, 2.75) is 46.1 Å². The highest BCUT2D eigenvalue weighted by Gasteiger charge is 2.20. The molecule has 0 aliphatic rings. The molecule has 0 heterocycles. The third-order valence-corrected chi connectivity index (χ3v) is 1.71. The van der Waals surface area contributed by atoms with E-state index >= 15 is 0 Å². The summed E-state index contributed by atoms with van der Waals surface area (Å²) in [4.78, 5) is 20.4. The summed E-state index contributed by atoms with van der Waals surface area (Å²) in [6.45, 7) is 6.55. The molecule has 0 fully saturated rings. The van der Waals surface area contributed by atoms with Gasteiger partial charge in [0.2, 0.25) is 0 Å². The van der Waals surface area contributed by atoms with Crippen LogP contribution in [0.15, 0.2) is 0 Å². The van der Waals surface area contributed by atoms with Crippen LogP contribution in [0.2, 0.25) is 0 Å². The van der Waals surface area contributed by atoms with E-state index in [1.165, 1.54) is 0 Å². The molecule has 0 aromatic carbocycles. The summed E-state index contributed by atoms with van der Waals surface area (Å²) in [5.74, 6) is -0.429. The molecule has 84 valence electrons. The van der Waals surface area contributed by atoms with Gasteiger partial charge in [0, 0.05) is 6.61 Å². The van der Waals surface area contributed by atoms with Crippen molar-refractivity contribution in [1.82, 2.24) is 0 Å². The highest BCUT2D eigenvalue weighted by atomic mass is 17.2. The lowest BCUT2D eigenvalue weighted by Crippen LogP contribution is -2.26. The van der Waals surface area contributed by atoms with Crippen LogP contribution in [-0.2, 0) is 19.3 Å². The Kier molecular flexibility index (Phi) is 8.57. The molecular weight excluding hydrogens is 184 g/mol. The maximum atomic E-state index is 11.3. The Morgan fingerprint density at radius 2 is 1.93 bits per heavy atom. The number of ether oxygens (including phenoxy) is 1. The molecule has 0 aliphatic heterocycles. The molecule has 0 aromatic rings. The Balaban J connectivity index is 3.84. The Morgan fingerprint density at radius 3 is 2.43 bits per heavy atom. The zero-order valence-corrected chi connectivity index (χ0v) is 9.25. The summed E-state index contributed by atoms with van der Waals surface area (Å²) in [6, 6.07) is 0. The largest absolute Gasteiger partial charge is 0.370 e. The van der Waals surface area contributed by atoms with Crippen molar-refractivity contribution in [3.8, 4) is 0 Å². The number of carbonyl (C=O) groups excluding carboxylic acids is 1. The SMILES string of the molecule is CCCCC(OCC)C(=O)OOCC. The molecule has 4 nitrogen and oxygen atoms in total. The summed E-state index contributed by atoms with van der Waals surface area (Å²) in [7, 11) is 0. The van der Waals surface area contributed by atoms with Gasteiger partial charge in [-0.1, -0.05) is 19.8 Å². The van der Waals surface area contributed by atoms with E-state index in [1.807, 2.05) is 6.92 Å². The van der Waals surface area contributed by atoms with E-state index in [0.29, 0.717) is 19.6 Å². The average Bonchev–Trinajstić information content (AvgIpc) is 2.20. The zero-order valence-electron chi connectivity index (χ0n) is 9.25. The van der Waals surface area contributed by atoms with E-state index in [1.54, 1.807) is 6.92 Å². The first-order chi connectivity index (χ1) is 6.76. The molecular formula is C10H20O4. The Morgan fingerprint density at radius 1 is 1.21 bits per heavy atom. The van der Waals surface area contributed by atoms with Gasteiger partial charge < -0.3 is 4.74 Å². The topological polar surface area (TPSA) is 44.8 Å². The van der Waals surface area contributed by atoms with E-state index < -0.39 is 12.1 Å². The molecule has 0 rings (SSSR count). The van der Waals surface area contributed by atoms with Gasteiger partial charge in [0.05, 0.1) is 6.61 Å². The molecule has 0 amide bonds. The monoisotopic (exact) mass is 204 g/mol. The third-order valence-electron chi connectivity index (χ3n) is 1.71. The molecule has 0 saturated heterocycles. The molecule has 0 bridgehead atoms. The van der Waals surface area contributed by atoms with E-state index in [0.717, 1.165) is 12.8 Å². The number of carbonyl (C=O) groups is 1. The third kappa shape index (κ3) is 5.94. The number of hydrogen-bond donors (Lipinski definition) is 0. The molecule has 1 unspecified atom stereocenters. The van der Waals surface area contributed by atoms with Crippen molar-refractivity contribution < 1.29 is 19.3 Å². The van der Waals surface area contributed by atoms with Crippen molar-refractivity contribution in [2.75, 3.05) is 13.2 Å². The second-order valence-corrected chi connectivity index (χ2v) is 2.90. The van der Waals surface area contributed by atoms with E-state index in [-0.39, 0.29) is 0 Å². The fraction of sp³-hybridized carbons (Fsp3) is 0.900. The van der Waals surface area contributed by atoms with E-state index in [2.05, 4.69) is 16.7 Å². The summed E-state index contributed by atoms with van der Waals surface area (Å²) < 4.78 is 5.25. The zero-order chi connectivity index (χ0) is 10.8. The average molecular weight is 204 g/mol. The first-order valence-electron chi connectivity index (χ1n) is 5.21. The van der Waals surface area contributed by atoms with Crippen molar-refractivity contribution in [3.63, 3.8) is 0 Å². The van der Waals surface area contributed by atoms with Gasteiger partial charge in [-0.05, 0) is 20.3 Å². The molecule has 4 heteroatoms. The van der Waals surface area contributed by atoms with Crippen LogP contribution in [0.5, 0.6) is 0 Å². The summed E-state index contributed by atoms with van der Waals surface area (Å²) in [5.41, 5.74) is 0. The van der Waals surface area contributed by atoms with Gasteiger partial charge in [-0.25, -0.2) is 4.79 Å². The number of rotatable bonds is 8. The van der Waals surface area contributed by atoms with Crippen LogP contribution in [0, 0.1) is 0 Å². The fourth-order valence-electron chi connectivity index (χ4n) is 1.03. The lowest BCUT2D eigenvalue weighted by molar-refractivity contribution is -0.277. The molecule has 0 aromatic heterocycles. The van der Waals surface area contributed by atoms with Crippen LogP contribution < -0.4 is 0 Å². The predicted octanol–water partition coefficient (Wildman–Crippen LogP) is 2.08. The summed E-state index contributed by atoms with van der Waals surface area (Å²) in [6.07, 6.45) is 2.19. The quantitative estimate of drug-likeness (QED) is 0.448. The van der Waals surface area contributed by atoms with Crippen LogP contribution in [0.25, 0.3) is 0 Å². The molecule has 0 saturated carbocycles. The molecule has 0 spiro atoms. The molecule has 1 atom stereocenters. The number of unbranched alkanes of at least 4 members (excludes halogenated alkanes) is 1. The van der Waals surface area contributed by atoms with Gasteiger partial charge in [-0.3, -0.25) is 4.89 Å². The fourth-order valence-corrected chi connectivity index (χ4v) is 1.03. The van der Waals surface area contributed by atoms with E-state index in [4.69, 9.17) is 4.74 Å². The lowest BCUT2D eigenvalue weighted by Gasteiger charge is -2.13. The van der Waals surface area contributed by atoms with Gasteiger partial charge in [0.1, 0.15) is 0 Å². The standard InChI is InChI=1S/C10H20O4/c1-4-7-8-9(12-5-2)10(11)14-13-6-3/h9H,4-8H2,1-3H3. The minimum Gasteiger partial charge on any atom is -0.367 e. The Bertz CT molecular complexity index is 147. The normalized spacial score (nSPS) is 12.5. The van der Waals surface area contributed by atoms with Gasteiger partial charge in [0.15, 0.2) is 6.10 Å². The van der Waals surface area contributed by atoms with Crippen LogP contribution in [0.4, 0.5) is 0 Å². The maximum absolute atomic E-state index is 11.3. The maximum Gasteiger partial charge on any atom is 0.370 e. The van der Waals surface area contributed by atoms with Gasteiger partial charge in [-0.2, -0.15) is 4.89 Å². The predicted molar refractivity (Wildman–Crippen MR) is 52.7 cm³/mol. The first-order valence-corrected chi connectivity index (χ1v) is 5.21. The lowest BCUT2D eigenvalue weighted by atomic mass is 10.1. The molecule has 0 aliphatic carbocycles. The minimum atomic E-state index is -0.480. The highest BCUT2D eigenvalue weighted by Crippen LogP contribution is 2.07. The van der Waals surface area contributed by atoms with Crippen LogP contribution >= 0.6 is 0 Å². The second-order valence-electron chi connectivity index (χ2n) is 2.90. The first kappa shape index (κ1) is 13.4. The minimum absolute atomic E-state index is 0.359. The van der Waals surface area contributed by atoms with Crippen LogP contribution in [0.1, 0.15) is 40.0 Å². The molecule has 0 N–H and O–H groups in total. The summed E-state index contributed by atoms with van der Waals surface area (Å²) >= 11 is 0. The molecule has 0 radical (unpaired) electrons. The van der Waals surface area contributed by atoms with E-state index in [9.17, 15) is 4.79 Å². The second kappa shape index (κ2) is 8.97. The van der Waals surface area contributed by atoms with Gasteiger partial charge in [0.25, 0.3) is 0 Å². The van der Waals surface area contributed by atoms with Crippen molar-refractivity contribution >= 4 is 5.97 Å². The smallest absolute Gasteiger partial charge is 0.367 e. The Hall–Kier alpha value is -0.610. The van der Waals surface area contributed by atoms with Gasteiger partial charge in [-0.15, -0.1) is 0 Å². The number of hydrogen-bond acceptors (Lipinski definition) is 4. The van der Waals surface area contributed by atoms with Crippen molar-refractivity contribution in [2.24, 2.45) is 0 Å².